The third-order valence-corrected chi connectivity index (χ3v) is 5.29. The molecule has 2 heterocycles. The zero-order chi connectivity index (χ0) is 21.6. The Bertz CT molecular complexity index is 1160. The van der Waals surface area contributed by atoms with Gasteiger partial charge in [-0.15, -0.1) is 10.2 Å². The maximum Gasteiger partial charge on any atom is 0.234 e. The quantitative estimate of drug-likeness (QED) is 0.438. The molecule has 0 aliphatic heterocycles. The van der Waals surface area contributed by atoms with E-state index in [-0.39, 0.29) is 17.5 Å². The van der Waals surface area contributed by atoms with Crippen LogP contribution in [0.15, 0.2) is 78.2 Å². The van der Waals surface area contributed by atoms with Gasteiger partial charge in [0.2, 0.25) is 5.91 Å². The van der Waals surface area contributed by atoms with Crippen molar-refractivity contribution in [2.75, 3.05) is 18.2 Å². The molecule has 31 heavy (non-hydrogen) atoms. The molecule has 2 aromatic carbocycles. The minimum Gasteiger partial charge on any atom is -0.497 e. The fourth-order valence-electron chi connectivity index (χ4n) is 2.88. The largest absolute Gasteiger partial charge is 0.497 e. The molecule has 4 aromatic rings. The van der Waals surface area contributed by atoms with Crippen molar-refractivity contribution in [1.29, 1.82) is 0 Å². The number of nitrogens with one attached hydrogen (secondary N) is 1. The van der Waals surface area contributed by atoms with E-state index in [1.54, 1.807) is 60.5 Å². The lowest BCUT2D eigenvalue weighted by Crippen LogP contribution is -2.14. The number of carbonyl (C=O) groups is 1. The normalized spacial score (nSPS) is 10.6. The third kappa shape index (κ3) is 4.89. The van der Waals surface area contributed by atoms with E-state index in [0.717, 1.165) is 5.56 Å². The van der Waals surface area contributed by atoms with E-state index in [9.17, 15) is 9.18 Å². The Morgan fingerprint density at radius 1 is 1.03 bits per heavy atom. The molecule has 0 bridgehead atoms. The minimum absolute atomic E-state index is 0.127. The first-order valence-electron chi connectivity index (χ1n) is 9.32. The van der Waals surface area contributed by atoms with Gasteiger partial charge in [0.05, 0.1) is 12.9 Å². The summed E-state index contributed by atoms with van der Waals surface area (Å²) in [5.74, 6) is 0.891. The van der Waals surface area contributed by atoms with Gasteiger partial charge in [-0.1, -0.05) is 11.8 Å². The lowest BCUT2D eigenvalue weighted by atomic mass is 10.2. The molecular weight excluding hydrogens is 417 g/mol. The van der Waals surface area contributed by atoms with Crippen LogP contribution in [0, 0.1) is 5.82 Å². The number of carbonyl (C=O) groups excluding carboxylic acids is 1. The van der Waals surface area contributed by atoms with Crippen LogP contribution in [-0.4, -0.2) is 38.5 Å². The van der Waals surface area contributed by atoms with Gasteiger partial charge >= 0.3 is 0 Å². The van der Waals surface area contributed by atoms with Gasteiger partial charge in [0, 0.05) is 29.3 Å². The molecule has 1 amide bonds. The standard InChI is InChI=1S/C22H18FN5O2S/c1-30-19-8-4-17(5-9-19)25-20(29)14-31-22-27-26-21(15-10-12-24-13-11-15)28(22)18-6-2-16(23)3-7-18/h2-13H,14H2,1H3,(H,25,29). The Morgan fingerprint density at radius 2 is 1.74 bits per heavy atom. The van der Waals surface area contributed by atoms with Crippen molar-refractivity contribution in [3.63, 3.8) is 0 Å². The Labute approximate surface area is 182 Å². The van der Waals surface area contributed by atoms with Crippen molar-refractivity contribution in [1.82, 2.24) is 19.7 Å². The number of thioether (sulfide) groups is 1. The van der Waals surface area contributed by atoms with Crippen LogP contribution in [0.2, 0.25) is 0 Å². The summed E-state index contributed by atoms with van der Waals surface area (Å²) >= 11 is 1.24. The molecule has 0 aliphatic carbocycles. The number of benzene rings is 2. The van der Waals surface area contributed by atoms with Crippen molar-refractivity contribution in [3.8, 4) is 22.8 Å². The van der Waals surface area contributed by atoms with E-state index in [1.165, 1.54) is 23.9 Å². The number of rotatable bonds is 7. The Morgan fingerprint density at radius 3 is 2.42 bits per heavy atom. The van der Waals surface area contributed by atoms with Crippen LogP contribution >= 0.6 is 11.8 Å². The molecule has 4 rings (SSSR count). The molecule has 0 unspecified atom stereocenters. The Kier molecular flexibility index (Phi) is 6.23. The molecule has 0 atom stereocenters. The van der Waals surface area contributed by atoms with Crippen molar-refractivity contribution in [3.05, 3.63) is 78.9 Å². The molecular formula is C22H18FN5O2S. The summed E-state index contributed by atoms with van der Waals surface area (Å²) in [6, 6.07) is 16.7. The molecule has 0 radical (unpaired) electrons. The first kappa shape index (κ1) is 20.5. The van der Waals surface area contributed by atoms with Crippen LogP contribution in [-0.2, 0) is 4.79 Å². The number of aromatic nitrogens is 4. The highest BCUT2D eigenvalue weighted by Crippen LogP contribution is 2.28. The number of hydrogen-bond acceptors (Lipinski definition) is 6. The van der Waals surface area contributed by atoms with Crippen LogP contribution in [0.5, 0.6) is 5.75 Å². The van der Waals surface area contributed by atoms with Crippen LogP contribution in [0.25, 0.3) is 17.1 Å². The predicted octanol–water partition coefficient (Wildman–Crippen LogP) is 4.21. The summed E-state index contributed by atoms with van der Waals surface area (Å²) in [6.07, 6.45) is 3.32. The van der Waals surface area contributed by atoms with Crippen LogP contribution in [0.4, 0.5) is 10.1 Å². The number of halogens is 1. The molecule has 2 aromatic heterocycles. The Balaban J connectivity index is 1.55. The SMILES string of the molecule is COc1ccc(NC(=O)CSc2nnc(-c3ccncc3)n2-c2ccc(F)cc2)cc1. The van der Waals surface area contributed by atoms with E-state index >= 15 is 0 Å². The van der Waals surface area contributed by atoms with Crippen LogP contribution < -0.4 is 10.1 Å². The minimum atomic E-state index is -0.338. The van der Waals surface area contributed by atoms with E-state index in [1.807, 2.05) is 12.1 Å². The van der Waals surface area contributed by atoms with Gasteiger partial charge in [-0.3, -0.25) is 14.3 Å². The van der Waals surface area contributed by atoms with Crippen molar-refractivity contribution in [2.24, 2.45) is 0 Å². The topological polar surface area (TPSA) is 81.9 Å². The van der Waals surface area contributed by atoms with Crippen molar-refractivity contribution < 1.29 is 13.9 Å². The number of amides is 1. The number of ether oxygens (including phenoxy) is 1. The van der Waals surface area contributed by atoms with Gasteiger partial charge in [-0.05, 0) is 60.7 Å². The highest BCUT2D eigenvalue weighted by molar-refractivity contribution is 7.99. The summed E-state index contributed by atoms with van der Waals surface area (Å²) in [6.45, 7) is 0. The van der Waals surface area contributed by atoms with Gasteiger partial charge in [0.15, 0.2) is 11.0 Å². The predicted molar refractivity (Wildman–Crippen MR) is 117 cm³/mol. The monoisotopic (exact) mass is 435 g/mol. The van der Waals surface area contributed by atoms with E-state index in [4.69, 9.17) is 4.74 Å². The second kappa shape index (κ2) is 9.40. The fourth-order valence-corrected chi connectivity index (χ4v) is 3.63. The molecule has 0 saturated heterocycles. The smallest absolute Gasteiger partial charge is 0.234 e. The molecule has 7 nitrogen and oxygen atoms in total. The van der Waals surface area contributed by atoms with Crippen molar-refractivity contribution in [2.45, 2.75) is 5.16 Å². The number of methoxy groups -OCH3 is 1. The lowest BCUT2D eigenvalue weighted by Gasteiger charge is -2.10. The van der Waals surface area contributed by atoms with Crippen LogP contribution in [0.1, 0.15) is 0 Å². The van der Waals surface area contributed by atoms with Gasteiger partial charge in [-0.25, -0.2) is 4.39 Å². The summed E-state index contributed by atoms with van der Waals surface area (Å²) in [5.41, 5.74) is 2.17. The molecule has 156 valence electrons. The average Bonchev–Trinajstić information content (AvgIpc) is 3.23. The van der Waals surface area contributed by atoms with Gasteiger partial charge in [0.25, 0.3) is 0 Å². The molecule has 0 spiro atoms. The first-order valence-corrected chi connectivity index (χ1v) is 10.3. The number of hydrogen-bond donors (Lipinski definition) is 1. The molecule has 1 N–H and O–H groups in total. The van der Waals surface area contributed by atoms with Crippen LogP contribution in [0.3, 0.4) is 0 Å². The van der Waals surface area contributed by atoms with E-state index in [0.29, 0.717) is 28.1 Å². The third-order valence-electron chi connectivity index (χ3n) is 4.36. The number of anilines is 1. The highest BCUT2D eigenvalue weighted by atomic mass is 32.2. The molecule has 0 saturated carbocycles. The van der Waals surface area contributed by atoms with Gasteiger partial charge in [0.1, 0.15) is 11.6 Å². The summed E-state index contributed by atoms with van der Waals surface area (Å²) in [5, 5.41) is 11.9. The zero-order valence-electron chi connectivity index (χ0n) is 16.5. The van der Waals surface area contributed by atoms with E-state index in [2.05, 4.69) is 20.5 Å². The Hall–Kier alpha value is -3.72. The maximum absolute atomic E-state index is 13.4. The molecule has 0 aliphatic rings. The first-order chi connectivity index (χ1) is 15.1. The summed E-state index contributed by atoms with van der Waals surface area (Å²) in [4.78, 5) is 16.5. The summed E-state index contributed by atoms with van der Waals surface area (Å²) < 4.78 is 20.4. The second-order valence-electron chi connectivity index (χ2n) is 6.42. The average molecular weight is 435 g/mol. The molecule has 0 fully saturated rings. The van der Waals surface area contributed by atoms with Gasteiger partial charge < -0.3 is 10.1 Å². The molecule has 9 heteroatoms. The van der Waals surface area contributed by atoms with E-state index < -0.39 is 0 Å². The highest BCUT2D eigenvalue weighted by Gasteiger charge is 2.17. The number of pyridine rings is 1. The second-order valence-corrected chi connectivity index (χ2v) is 7.36. The summed E-state index contributed by atoms with van der Waals surface area (Å²) in [7, 11) is 1.59. The van der Waals surface area contributed by atoms with Crippen molar-refractivity contribution >= 4 is 23.4 Å². The van der Waals surface area contributed by atoms with Gasteiger partial charge in [-0.2, -0.15) is 0 Å². The number of nitrogens with zero attached hydrogens (tertiary/aromatic N) is 4. The zero-order valence-corrected chi connectivity index (χ0v) is 17.3. The lowest BCUT2D eigenvalue weighted by molar-refractivity contribution is -0.113. The fraction of sp³-hybridized carbons (Fsp3) is 0.0909. The maximum atomic E-state index is 13.4.